The molecular weight excluding hydrogens is 262 g/mol. The Bertz CT molecular complexity index is 438. The zero-order chi connectivity index (χ0) is 14.6. The lowest BCUT2D eigenvalue weighted by molar-refractivity contribution is 0.0929. The van der Waals surface area contributed by atoms with Crippen LogP contribution in [-0.2, 0) is 0 Å². The fourth-order valence-electron chi connectivity index (χ4n) is 2.09. The second-order valence-electron chi connectivity index (χ2n) is 5.90. The molecule has 0 atom stereocenters. The standard InChI is InChI=1S/C14H22ClN3O/c1-10-6-11(7-12(15)17-10)13(19)16-8-14(2,3)9-18(4)5/h6-7H,8-9H2,1-5H3,(H,16,19). The Morgan fingerprint density at radius 1 is 1.42 bits per heavy atom. The summed E-state index contributed by atoms with van der Waals surface area (Å²) >= 11 is 5.86. The fourth-order valence-corrected chi connectivity index (χ4v) is 2.34. The van der Waals surface area contributed by atoms with E-state index in [9.17, 15) is 4.79 Å². The molecule has 0 saturated carbocycles. The lowest BCUT2D eigenvalue weighted by Gasteiger charge is -2.28. The molecule has 1 heterocycles. The summed E-state index contributed by atoms with van der Waals surface area (Å²) < 4.78 is 0. The number of nitrogens with one attached hydrogen (secondary N) is 1. The van der Waals surface area contributed by atoms with Gasteiger partial charge < -0.3 is 10.2 Å². The van der Waals surface area contributed by atoms with E-state index >= 15 is 0 Å². The third-order valence-electron chi connectivity index (χ3n) is 2.66. The first kappa shape index (κ1) is 15.9. The van der Waals surface area contributed by atoms with Gasteiger partial charge in [-0.1, -0.05) is 25.4 Å². The molecule has 106 valence electrons. The maximum atomic E-state index is 12.1. The van der Waals surface area contributed by atoms with Crippen LogP contribution in [0.3, 0.4) is 0 Å². The van der Waals surface area contributed by atoms with Crippen molar-refractivity contribution < 1.29 is 4.79 Å². The van der Waals surface area contributed by atoms with E-state index in [1.165, 1.54) is 0 Å². The van der Waals surface area contributed by atoms with E-state index in [1.54, 1.807) is 12.1 Å². The van der Waals surface area contributed by atoms with Crippen molar-refractivity contribution in [3.8, 4) is 0 Å². The topological polar surface area (TPSA) is 45.2 Å². The highest BCUT2D eigenvalue weighted by molar-refractivity contribution is 6.29. The second kappa shape index (κ2) is 6.35. The largest absolute Gasteiger partial charge is 0.351 e. The lowest BCUT2D eigenvalue weighted by Crippen LogP contribution is -2.40. The number of hydrogen-bond acceptors (Lipinski definition) is 3. The summed E-state index contributed by atoms with van der Waals surface area (Å²) in [5.41, 5.74) is 1.31. The Morgan fingerprint density at radius 3 is 2.58 bits per heavy atom. The smallest absolute Gasteiger partial charge is 0.251 e. The summed E-state index contributed by atoms with van der Waals surface area (Å²) in [6, 6.07) is 3.32. The molecule has 1 aromatic heterocycles. The number of pyridine rings is 1. The Kier molecular flexibility index (Phi) is 5.32. The van der Waals surface area contributed by atoms with Crippen LogP contribution in [0.25, 0.3) is 0 Å². The van der Waals surface area contributed by atoms with Gasteiger partial charge in [-0.15, -0.1) is 0 Å². The second-order valence-corrected chi connectivity index (χ2v) is 6.29. The summed E-state index contributed by atoms with van der Waals surface area (Å²) in [4.78, 5) is 18.2. The van der Waals surface area contributed by atoms with E-state index in [4.69, 9.17) is 11.6 Å². The van der Waals surface area contributed by atoms with Crippen molar-refractivity contribution in [2.45, 2.75) is 20.8 Å². The van der Waals surface area contributed by atoms with Gasteiger partial charge in [0.15, 0.2) is 0 Å². The third-order valence-corrected chi connectivity index (χ3v) is 2.85. The molecule has 19 heavy (non-hydrogen) atoms. The zero-order valence-electron chi connectivity index (χ0n) is 12.2. The highest BCUT2D eigenvalue weighted by atomic mass is 35.5. The Labute approximate surface area is 120 Å². The first-order chi connectivity index (χ1) is 8.69. The molecule has 0 aliphatic rings. The molecule has 0 aliphatic heterocycles. The van der Waals surface area contributed by atoms with Gasteiger partial charge in [-0.05, 0) is 38.6 Å². The molecule has 0 unspecified atom stereocenters. The minimum absolute atomic E-state index is 0.0189. The van der Waals surface area contributed by atoms with Crippen molar-refractivity contribution in [3.05, 3.63) is 28.5 Å². The van der Waals surface area contributed by atoms with Crippen LogP contribution in [0.15, 0.2) is 12.1 Å². The van der Waals surface area contributed by atoms with Gasteiger partial charge in [-0.2, -0.15) is 0 Å². The molecule has 0 radical (unpaired) electrons. The van der Waals surface area contributed by atoms with Crippen molar-refractivity contribution in [2.75, 3.05) is 27.2 Å². The van der Waals surface area contributed by atoms with Crippen LogP contribution in [0.4, 0.5) is 0 Å². The number of hydrogen-bond donors (Lipinski definition) is 1. The minimum atomic E-state index is -0.112. The average molecular weight is 284 g/mol. The van der Waals surface area contributed by atoms with Crippen molar-refractivity contribution in [2.24, 2.45) is 5.41 Å². The predicted octanol–water partition coefficient (Wildman–Crippen LogP) is 2.36. The molecule has 1 N–H and O–H groups in total. The van der Waals surface area contributed by atoms with Gasteiger partial charge >= 0.3 is 0 Å². The van der Waals surface area contributed by atoms with Gasteiger partial charge in [0.05, 0.1) is 0 Å². The molecule has 0 bridgehead atoms. The van der Waals surface area contributed by atoms with E-state index in [0.717, 1.165) is 12.2 Å². The number of amides is 1. The van der Waals surface area contributed by atoms with Gasteiger partial charge in [0.25, 0.3) is 5.91 Å². The molecule has 0 saturated heterocycles. The van der Waals surface area contributed by atoms with Crippen LogP contribution in [0.1, 0.15) is 29.9 Å². The molecule has 0 fully saturated rings. The first-order valence-corrected chi connectivity index (χ1v) is 6.64. The van der Waals surface area contributed by atoms with E-state index in [-0.39, 0.29) is 11.3 Å². The molecule has 0 spiro atoms. The van der Waals surface area contributed by atoms with Crippen molar-refractivity contribution in [3.63, 3.8) is 0 Å². The Balaban J connectivity index is 2.65. The molecule has 1 aromatic rings. The maximum Gasteiger partial charge on any atom is 0.251 e. The number of halogens is 1. The fraction of sp³-hybridized carbons (Fsp3) is 0.571. The number of aromatic nitrogens is 1. The summed E-state index contributed by atoms with van der Waals surface area (Å²) in [5, 5.41) is 3.29. The van der Waals surface area contributed by atoms with E-state index in [1.807, 2.05) is 21.0 Å². The van der Waals surface area contributed by atoms with Gasteiger partial charge in [0.2, 0.25) is 0 Å². The SMILES string of the molecule is Cc1cc(C(=O)NCC(C)(C)CN(C)C)cc(Cl)n1. The van der Waals surface area contributed by atoms with E-state index in [2.05, 4.69) is 29.0 Å². The van der Waals surface area contributed by atoms with Crippen molar-refractivity contribution in [1.82, 2.24) is 15.2 Å². The molecule has 5 heteroatoms. The molecule has 0 aromatic carbocycles. The molecule has 1 rings (SSSR count). The van der Waals surface area contributed by atoms with Crippen LogP contribution >= 0.6 is 11.6 Å². The minimum Gasteiger partial charge on any atom is -0.351 e. The van der Waals surface area contributed by atoms with Crippen LogP contribution in [0, 0.1) is 12.3 Å². The van der Waals surface area contributed by atoms with Gasteiger partial charge in [0, 0.05) is 24.3 Å². The summed E-state index contributed by atoms with van der Waals surface area (Å²) in [7, 11) is 4.05. The van der Waals surface area contributed by atoms with Gasteiger partial charge in [-0.25, -0.2) is 4.98 Å². The number of rotatable bonds is 5. The summed E-state index contributed by atoms with van der Waals surface area (Å²) in [5.74, 6) is -0.112. The van der Waals surface area contributed by atoms with Crippen LogP contribution in [0.5, 0.6) is 0 Å². The molecule has 0 aliphatic carbocycles. The first-order valence-electron chi connectivity index (χ1n) is 6.27. The van der Waals surface area contributed by atoms with E-state index < -0.39 is 0 Å². The third kappa shape index (κ3) is 5.57. The molecular formula is C14H22ClN3O. The van der Waals surface area contributed by atoms with Gasteiger partial charge in [-0.3, -0.25) is 4.79 Å². The summed E-state index contributed by atoms with van der Waals surface area (Å²) in [6.45, 7) is 7.58. The Morgan fingerprint density at radius 2 is 2.05 bits per heavy atom. The highest BCUT2D eigenvalue weighted by Gasteiger charge is 2.20. The summed E-state index contributed by atoms with van der Waals surface area (Å²) in [6.07, 6.45) is 0. The predicted molar refractivity (Wildman–Crippen MR) is 78.7 cm³/mol. The monoisotopic (exact) mass is 283 g/mol. The molecule has 4 nitrogen and oxygen atoms in total. The van der Waals surface area contributed by atoms with Crippen LogP contribution in [0.2, 0.25) is 5.15 Å². The van der Waals surface area contributed by atoms with Crippen LogP contribution in [-0.4, -0.2) is 43.0 Å². The number of aryl methyl sites for hydroxylation is 1. The van der Waals surface area contributed by atoms with Crippen molar-refractivity contribution in [1.29, 1.82) is 0 Å². The number of nitrogens with zero attached hydrogens (tertiary/aromatic N) is 2. The number of carbonyl (C=O) groups is 1. The van der Waals surface area contributed by atoms with Crippen LogP contribution < -0.4 is 5.32 Å². The van der Waals surface area contributed by atoms with Crippen molar-refractivity contribution >= 4 is 17.5 Å². The normalized spacial score (nSPS) is 11.7. The maximum absolute atomic E-state index is 12.1. The quantitative estimate of drug-likeness (QED) is 0.844. The molecule has 1 amide bonds. The Hall–Kier alpha value is -1.13. The lowest BCUT2D eigenvalue weighted by atomic mass is 9.93. The highest BCUT2D eigenvalue weighted by Crippen LogP contribution is 2.15. The zero-order valence-corrected chi connectivity index (χ0v) is 13.0. The van der Waals surface area contributed by atoms with E-state index in [0.29, 0.717) is 17.3 Å². The average Bonchev–Trinajstić information content (AvgIpc) is 2.22. The van der Waals surface area contributed by atoms with Gasteiger partial charge in [0.1, 0.15) is 5.15 Å². The number of carbonyl (C=O) groups excluding carboxylic acids is 1.